The molecule has 1 amide bonds. The molecule has 1 unspecified atom stereocenters. The van der Waals surface area contributed by atoms with E-state index in [1.165, 1.54) is 0 Å². The van der Waals surface area contributed by atoms with Crippen LogP contribution in [0.15, 0.2) is 28.8 Å². The molecule has 1 fully saturated rings. The third-order valence-corrected chi connectivity index (χ3v) is 3.97. The van der Waals surface area contributed by atoms with Crippen LogP contribution in [0, 0.1) is 12.8 Å². The van der Waals surface area contributed by atoms with Crippen LogP contribution >= 0.6 is 0 Å². The highest BCUT2D eigenvalue weighted by Crippen LogP contribution is 2.21. The maximum Gasteiger partial charge on any atom is 0.257 e. The summed E-state index contributed by atoms with van der Waals surface area (Å²) < 4.78 is 5.11. The van der Waals surface area contributed by atoms with Crippen LogP contribution in [0.3, 0.4) is 0 Å². The monoisotopic (exact) mass is 301 g/mol. The predicted molar refractivity (Wildman–Crippen MR) is 80.2 cm³/mol. The van der Waals surface area contributed by atoms with Gasteiger partial charge >= 0.3 is 0 Å². The molecule has 1 aromatic carbocycles. The van der Waals surface area contributed by atoms with E-state index in [0.29, 0.717) is 23.8 Å². The average Bonchev–Trinajstić information content (AvgIpc) is 3.01. The Balaban J connectivity index is 1.73. The van der Waals surface area contributed by atoms with Crippen molar-refractivity contribution in [3.8, 4) is 11.5 Å². The molecule has 1 atom stereocenters. The first kappa shape index (κ1) is 14.7. The van der Waals surface area contributed by atoms with E-state index in [4.69, 9.17) is 4.52 Å². The van der Waals surface area contributed by atoms with Crippen LogP contribution in [-0.2, 0) is 0 Å². The molecule has 0 saturated carbocycles. The Labute approximate surface area is 128 Å². The van der Waals surface area contributed by atoms with E-state index in [2.05, 4.69) is 10.1 Å². The Morgan fingerprint density at radius 3 is 2.82 bits per heavy atom. The number of aromatic nitrogens is 2. The van der Waals surface area contributed by atoms with Crippen LogP contribution < -0.4 is 0 Å². The summed E-state index contributed by atoms with van der Waals surface area (Å²) in [5, 5.41) is 13.0. The molecule has 0 spiro atoms. The number of aliphatic hydroxyl groups is 1. The first-order chi connectivity index (χ1) is 10.7. The van der Waals surface area contributed by atoms with Gasteiger partial charge in [-0.2, -0.15) is 4.98 Å². The van der Waals surface area contributed by atoms with E-state index in [-0.39, 0.29) is 18.4 Å². The summed E-state index contributed by atoms with van der Waals surface area (Å²) >= 11 is 0. The number of carbonyl (C=O) groups excluding carboxylic acids is 1. The molecule has 0 aliphatic carbocycles. The van der Waals surface area contributed by atoms with Crippen LogP contribution in [0.2, 0.25) is 0 Å². The van der Waals surface area contributed by atoms with Gasteiger partial charge < -0.3 is 14.5 Å². The lowest BCUT2D eigenvalue weighted by atomic mass is 9.98. The highest BCUT2D eigenvalue weighted by molar-refractivity contribution is 5.94. The molecule has 1 N–H and O–H groups in total. The minimum Gasteiger partial charge on any atom is -0.396 e. The number of hydrogen-bond donors (Lipinski definition) is 1. The zero-order chi connectivity index (χ0) is 15.5. The number of likely N-dealkylation sites (tertiary alicyclic amines) is 1. The van der Waals surface area contributed by atoms with Gasteiger partial charge in [0, 0.05) is 30.8 Å². The number of piperidine rings is 1. The van der Waals surface area contributed by atoms with Crippen molar-refractivity contribution in [1.29, 1.82) is 0 Å². The summed E-state index contributed by atoms with van der Waals surface area (Å²) in [4.78, 5) is 18.5. The molecule has 6 heteroatoms. The summed E-state index contributed by atoms with van der Waals surface area (Å²) in [7, 11) is 0. The number of aliphatic hydroxyl groups excluding tert-OH is 1. The largest absolute Gasteiger partial charge is 0.396 e. The molecular weight excluding hydrogens is 282 g/mol. The second kappa shape index (κ2) is 6.27. The predicted octanol–water partition coefficient (Wildman–Crippen LogP) is 1.89. The second-order valence-electron chi connectivity index (χ2n) is 5.67. The fraction of sp³-hybridized carbons (Fsp3) is 0.438. The summed E-state index contributed by atoms with van der Waals surface area (Å²) in [5.41, 5.74) is 1.43. The third kappa shape index (κ3) is 3.01. The molecule has 6 nitrogen and oxygen atoms in total. The summed E-state index contributed by atoms with van der Waals surface area (Å²) in [5.74, 6) is 1.23. The van der Waals surface area contributed by atoms with Crippen LogP contribution in [0.5, 0.6) is 0 Å². The van der Waals surface area contributed by atoms with E-state index in [1.54, 1.807) is 19.1 Å². The molecule has 1 aliphatic heterocycles. The number of rotatable bonds is 3. The Kier molecular flexibility index (Phi) is 4.20. The van der Waals surface area contributed by atoms with Gasteiger partial charge in [-0.15, -0.1) is 0 Å². The topological polar surface area (TPSA) is 79.5 Å². The van der Waals surface area contributed by atoms with Crippen molar-refractivity contribution in [2.24, 2.45) is 5.92 Å². The average molecular weight is 301 g/mol. The van der Waals surface area contributed by atoms with Gasteiger partial charge in [0.05, 0.1) is 0 Å². The number of hydrogen-bond acceptors (Lipinski definition) is 5. The first-order valence-corrected chi connectivity index (χ1v) is 7.48. The quantitative estimate of drug-likeness (QED) is 0.936. The van der Waals surface area contributed by atoms with Crippen LogP contribution in [0.1, 0.15) is 29.0 Å². The molecule has 0 radical (unpaired) electrons. The normalized spacial score (nSPS) is 18.5. The minimum atomic E-state index is 0.00593. The van der Waals surface area contributed by atoms with E-state index >= 15 is 0 Å². The summed E-state index contributed by atoms with van der Waals surface area (Å²) in [6, 6.07) is 7.18. The zero-order valence-electron chi connectivity index (χ0n) is 12.5. The van der Waals surface area contributed by atoms with E-state index in [0.717, 1.165) is 24.9 Å². The molecule has 116 valence electrons. The lowest BCUT2D eigenvalue weighted by Crippen LogP contribution is -2.40. The molecule has 1 aliphatic rings. The van der Waals surface area contributed by atoms with Crippen molar-refractivity contribution in [2.45, 2.75) is 19.8 Å². The van der Waals surface area contributed by atoms with E-state index in [1.807, 2.05) is 17.0 Å². The van der Waals surface area contributed by atoms with Gasteiger partial charge in [0.2, 0.25) is 0 Å². The number of aryl methyl sites for hydroxylation is 1. The molecular formula is C16H19N3O3. The fourth-order valence-electron chi connectivity index (χ4n) is 2.75. The van der Waals surface area contributed by atoms with E-state index < -0.39 is 0 Å². The highest BCUT2D eigenvalue weighted by Gasteiger charge is 2.24. The van der Waals surface area contributed by atoms with Crippen molar-refractivity contribution in [1.82, 2.24) is 15.0 Å². The number of nitrogens with zero attached hydrogens (tertiary/aromatic N) is 3. The SMILES string of the molecule is Cc1noc(-c2ccc(C(=O)N3CCCC(CO)C3)cc2)n1. The molecule has 2 heterocycles. The maximum absolute atomic E-state index is 12.5. The zero-order valence-corrected chi connectivity index (χ0v) is 12.5. The van der Waals surface area contributed by atoms with E-state index in [9.17, 15) is 9.90 Å². The smallest absolute Gasteiger partial charge is 0.257 e. The van der Waals surface area contributed by atoms with Crippen LogP contribution in [0.25, 0.3) is 11.5 Å². The maximum atomic E-state index is 12.5. The summed E-state index contributed by atoms with van der Waals surface area (Å²) in [6.07, 6.45) is 1.92. The summed E-state index contributed by atoms with van der Waals surface area (Å²) in [6.45, 7) is 3.28. The molecule has 1 saturated heterocycles. The first-order valence-electron chi connectivity index (χ1n) is 7.48. The highest BCUT2D eigenvalue weighted by atomic mass is 16.5. The molecule has 1 aromatic heterocycles. The molecule has 22 heavy (non-hydrogen) atoms. The van der Waals surface area contributed by atoms with Crippen molar-refractivity contribution in [3.05, 3.63) is 35.7 Å². The van der Waals surface area contributed by atoms with Gasteiger partial charge in [0.15, 0.2) is 5.82 Å². The lowest BCUT2D eigenvalue weighted by Gasteiger charge is -2.31. The van der Waals surface area contributed by atoms with Gasteiger partial charge in [-0.25, -0.2) is 0 Å². The van der Waals surface area contributed by atoms with Crippen LogP contribution in [-0.4, -0.2) is 45.8 Å². The molecule has 3 rings (SSSR count). The van der Waals surface area contributed by atoms with Gasteiger partial charge in [-0.1, -0.05) is 5.16 Å². The Morgan fingerprint density at radius 1 is 1.41 bits per heavy atom. The van der Waals surface area contributed by atoms with Crippen molar-refractivity contribution < 1.29 is 14.4 Å². The molecule has 2 aromatic rings. The van der Waals surface area contributed by atoms with Crippen LogP contribution in [0.4, 0.5) is 0 Å². The van der Waals surface area contributed by atoms with Crippen molar-refractivity contribution in [3.63, 3.8) is 0 Å². The van der Waals surface area contributed by atoms with Crippen molar-refractivity contribution in [2.75, 3.05) is 19.7 Å². The fourth-order valence-corrected chi connectivity index (χ4v) is 2.75. The van der Waals surface area contributed by atoms with Crippen molar-refractivity contribution >= 4 is 5.91 Å². The molecule has 0 bridgehead atoms. The standard InChI is InChI=1S/C16H19N3O3/c1-11-17-15(22-18-11)13-4-6-14(7-5-13)16(21)19-8-2-3-12(9-19)10-20/h4-7,12,20H,2-3,8-10H2,1H3. The Morgan fingerprint density at radius 2 is 2.18 bits per heavy atom. The van der Waals surface area contributed by atoms with Gasteiger partial charge in [0.1, 0.15) is 0 Å². The second-order valence-corrected chi connectivity index (χ2v) is 5.67. The van der Waals surface area contributed by atoms with Gasteiger partial charge in [-0.05, 0) is 49.9 Å². The Hall–Kier alpha value is -2.21. The van der Waals surface area contributed by atoms with Gasteiger partial charge in [0.25, 0.3) is 11.8 Å². The third-order valence-electron chi connectivity index (χ3n) is 3.97. The number of carbonyl (C=O) groups is 1. The number of benzene rings is 1. The lowest BCUT2D eigenvalue weighted by molar-refractivity contribution is 0.0620. The van der Waals surface area contributed by atoms with Gasteiger partial charge in [-0.3, -0.25) is 4.79 Å². The Bertz CT molecular complexity index is 651. The minimum absolute atomic E-state index is 0.00593. The number of amides is 1.